The van der Waals surface area contributed by atoms with E-state index in [1.165, 1.54) is 6.07 Å². The van der Waals surface area contributed by atoms with Crippen LogP contribution < -0.4 is 5.32 Å². The van der Waals surface area contributed by atoms with E-state index in [1.54, 1.807) is 18.2 Å². The van der Waals surface area contributed by atoms with Gasteiger partial charge in [-0.2, -0.15) is 0 Å². The summed E-state index contributed by atoms with van der Waals surface area (Å²) < 4.78 is 13.4. The van der Waals surface area contributed by atoms with E-state index in [0.29, 0.717) is 19.0 Å². The third-order valence-corrected chi connectivity index (χ3v) is 3.97. The monoisotopic (exact) mass is 294 g/mol. The number of para-hydroxylation sites is 1. The van der Waals surface area contributed by atoms with Gasteiger partial charge in [0, 0.05) is 25.6 Å². The van der Waals surface area contributed by atoms with Gasteiger partial charge in [0.15, 0.2) is 0 Å². The minimum absolute atomic E-state index is 0.159. The van der Waals surface area contributed by atoms with Gasteiger partial charge >= 0.3 is 0 Å². The Hall–Kier alpha value is -1.46. The normalized spacial score (nSPS) is 18.9. The van der Waals surface area contributed by atoms with Gasteiger partial charge in [0.1, 0.15) is 5.82 Å². The number of aliphatic hydroxyl groups is 1. The molecule has 1 aliphatic rings. The second kappa shape index (κ2) is 8.10. The molecule has 0 aliphatic carbocycles. The number of amides is 1. The molecule has 116 valence electrons. The summed E-state index contributed by atoms with van der Waals surface area (Å²) >= 11 is 0. The van der Waals surface area contributed by atoms with Crippen molar-refractivity contribution in [3.63, 3.8) is 0 Å². The molecular formula is C16H23FN2O2. The van der Waals surface area contributed by atoms with Crippen LogP contribution in [0.5, 0.6) is 0 Å². The highest BCUT2D eigenvalue weighted by molar-refractivity contribution is 5.90. The molecule has 1 atom stereocenters. The minimum atomic E-state index is -0.409. The highest BCUT2D eigenvalue weighted by atomic mass is 19.1. The number of rotatable bonds is 7. The highest BCUT2D eigenvalue weighted by Crippen LogP contribution is 2.21. The lowest BCUT2D eigenvalue weighted by Crippen LogP contribution is -2.32. The maximum atomic E-state index is 13.4. The van der Waals surface area contributed by atoms with Gasteiger partial charge in [-0.05, 0) is 44.4 Å². The zero-order valence-corrected chi connectivity index (χ0v) is 12.2. The van der Waals surface area contributed by atoms with Crippen LogP contribution in [0.4, 0.5) is 10.1 Å². The third-order valence-electron chi connectivity index (χ3n) is 3.97. The molecule has 1 amide bonds. The molecule has 0 saturated carbocycles. The summed E-state index contributed by atoms with van der Waals surface area (Å²) in [6, 6.07) is 6.66. The van der Waals surface area contributed by atoms with Gasteiger partial charge in [-0.25, -0.2) is 4.39 Å². The molecule has 21 heavy (non-hydrogen) atoms. The van der Waals surface area contributed by atoms with E-state index in [4.69, 9.17) is 5.11 Å². The summed E-state index contributed by atoms with van der Waals surface area (Å²) in [7, 11) is 0. The first-order valence-corrected chi connectivity index (χ1v) is 7.60. The van der Waals surface area contributed by atoms with Crippen molar-refractivity contribution < 1.29 is 14.3 Å². The molecule has 0 aromatic heterocycles. The van der Waals surface area contributed by atoms with Crippen molar-refractivity contribution in [1.29, 1.82) is 0 Å². The SMILES string of the molecule is O=C(CCN1CCCC1CCCO)Nc1ccccc1F. The molecule has 2 rings (SSSR count). The fraction of sp³-hybridized carbons (Fsp3) is 0.562. The number of nitrogens with zero attached hydrogens (tertiary/aromatic N) is 1. The summed E-state index contributed by atoms with van der Waals surface area (Å²) in [6.07, 6.45) is 4.43. The summed E-state index contributed by atoms with van der Waals surface area (Å²) in [5, 5.41) is 11.5. The Morgan fingerprint density at radius 2 is 2.24 bits per heavy atom. The van der Waals surface area contributed by atoms with Crippen molar-refractivity contribution >= 4 is 11.6 Å². The molecule has 0 spiro atoms. The first-order chi connectivity index (χ1) is 10.2. The number of hydrogen-bond donors (Lipinski definition) is 2. The molecule has 1 saturated heterocycles. The fourth-order valence-electron chi connectivity index (χ4n) is 2.86. The Kier molecular flexibility index (Phi) is 6.14. The van der Waals surface area contributed by atoms with Crippen LogP contribution in [0, 0.1) is 5.82 Å². The average molecular weight is 294 g/mol. The maximum Gasteiger partial charge on any atom is 0.225 e. The van der Waals surface area contributed by atoms with Gasteiger partial charge < -0.3 is 10.4 Å². The lowest BCUT2D eigenvalue weighted by atomic mass is 10.1. The molecule has 0 bridgehead atoms. The Balaban J connectivity index is 1.77. The number of aliphatic hydroxyl groups excluding tert-OH is 1. The Labute approximate surface area is 125 Å². The first kappa shape index (κ1) is 15.9. The maximum absolute atomic E-state index is 13.4. The van der Waals surface area contributed by atoms with E-state index in [1.807, 2.05) is 0 Å². The van der Waals surface area contributed by atoms with Crippen LogP contribution in [-0.2, 0) is 4.79 Å². The van der Waals surface area contributed by atoms with E-state index in [2.05, 4.69) is 10.2 Å². The van der Waals surface area contributed by atoms with Crippen LogP contribution in [0.3, 0.4) is 0 Å². The zero-order valence-electron chi connectivity index (χ0n) is 12.2. The average Bonchev–Trinajstić information content (AvgIpc) is 2.93. The van der Waals surface area contributed by atoms with E-state index in [0.717, 1.165) is 32.2 Å². The van der Waals surface area contributed by atoms with Crippen molar-refractivity contribution in [3.05, 3.63) is 30.1 Å². The smallest absolute Gasteiger partial charge is 0.225 e. The van der Waals surface area contributed by atoms with Gasteiger partial charge in [0.25, 0.3) is 0 Å². The molecule has 1 unspecified atom stereocenters. The van der Waals surface area contributed by atoms with E-state index in [9.17, 15) is 9.18 Å². The summed E-state index contributed by atoms with van der Waals surface area (Å²) in [6.45, 7) is 1.91. The Morgan fingerprint density at radius 1 is 1.43 bits per heavy atom. The quantitative estimate of drug-likeness (QED) is 0.812. The van der Waals surface area contributed by atoms with Crippen LogP contribution in [-0.4, -0.2) is 41.7 Å². The minimum Gasteiger partial charge on any atom is -0.396 e. The van der Waals surface area contributed by atoms with Crippen molar-refractivity contribution in [2.75, 3.05) is 25.0 Å². The number of nitrogens with one attached hydrogen (secondary N) is 1. The molecule has 0 radical (unpaired) electrons. The number of hydrogen-bond acceptors (Lipinski definition) is 3. The highest BCUT2D eigenvalue weighted by Gasteiger charge is 2.24. The Bertz CT molecular complexity index is 467. The molecule has 1 aromatic carbocycles. The van der Waals surface area contributed by atoms with Gasteiger partial charge in [-0.1, -0.05) is 12.1 Å². The molecule has 1 aromatic rings. The van der Waals surface area contributed by atoms with Crippen LogP contribution in [0.15, 0.2) is 24.3 Å². The third kappa shape index (κ3) is 4.79. The summed E-state index contributed by atoms with van der Waals surface area (Å²) in [5.74, 6) is -0.569. The van der Waals surface area contributed by atoms with E-state index < -0.39 is 5.82 Å². The number of anilines is 1. The van der Waals surface area contributed by atoms with Crippen LogP contribution >= 0.6 is 0 Å². The van der Waals surface area contributed by atoms with Crippen molar-refractivity contribution in [2.45, 2.75) is 38.1 Å². The van der Waals surface area contributed by atoms with Gasteiger partial charge in [-0.15, -0.1) is 0 Å². The number of carbonyl (C=O) groups is 1. The molecule has 2 N–H and O–H groups in total. The number of carbonyl (C=O) groups excluding carboxylic acids is 1. The lowest BCUT2D eigenvalue weighted by molar-refractivity contribution is -0.116. The second-order valence-corrected chi connectivity index (χ2v) is 5.48. The fourth-order valence-corrected chi connectivity index (χ4v) is 2.86. The van der Waals surface area contributed by atoms with Crippen molar-refractivity contribution in [2.24, 2.45) is 0 Å². The predicted octanol–water partition coefficient (Wildman–Crippen LogP) is 2.39. The van der Waals surface area contributed by atoms with Crippen LogP contribution in [0.2, 0.25) is 0 Å². The lowest BCUT2D eigenvalue weighted by Gasteiger charge is -2.23. The molecule has 4 nitrogen and oxygen atoms in total. The molecule has 1 fully saturated rings. The number of halogens is 1. The van der Waals surface area contributed by atoms with Crippen molar-refractivity contribution in [3.8, 4) is 0 Å². The van der Waals surface area contributed by atoms with Crippen LogP contribution in [0.1, 0.15) is 32.1 Å². The second-order valence-electron chi connectivity index (χ2n) is 5.48. The Morgan fingerprint density at radius 3 is 3.00 bits per heavy atom. The topological polar surface area (TPSA) is 52.6 Å². The molecular weight excluding hydrogens is 271 g/mol. The molecule has 5 heteroatoms. The predicted molar refractivity (Wildman–Crippen MR) is 80.6 cm³/mol. The largest absolute Gasteiger partial charge is 0.396 e. The van der Waals surface area contributed by atoms with Crippen molar-refractivity contribution in [1.82, 2.24) is 4.90 Å². The van der Waals surface area contributed by atoms with Gasteiger partial charge in [0.05, 0.1) is 5.69 Å². The first-order valence-electron chi connectivity index (χ1n) is 7.60. The standard InChI is InChI=1S/C16H23FN2O2/c17-14-7-1-2-8-15(14)18-16(21)9-11-19-10-3-5-13(19)6-4-12-20/h1-2,7-8,13,20H,3-6,9-12H2,(H,18,21). The molecule has 1 aliphatic heterocycles. The van der Waals surface area contributed by atoms with E-state index in [-0.39, 0.29) is 18.2 Å². The summed E-state index contributed by atoms with van der Waals surface area (Å²) in [5.41, 5.74) is 0.237. The van der Waals surface area contributed by atoms with Gasteiger partial charge in [0.2, 0.25) is 5.91 Å². The summed E-state index contributed by atoms with van der Waals surface area (Å²) in [4.78, 5) is 14.2. The van der Waals surface area contributed by atoms with E-state index >= 15 is 0 Å². The number of benzene rings is 1. The van der Waals surface area contributed by atoms with Crippen LogP contribution in [0.25, 0.3) is 0 Å². The number of likely N-dealkylation sites (tertiary alicyclic amines) is 1. The van der Waals surface area contributed by atoms with Gasteiger partial charge in [-0.3, -0.25) is 9.69 Å². The zero-order chi connectivity index (χ0) is 15.1. The molecule has 1 heterocycles.